The zero-order valence-corrected chi connectivity index (χ0v) is 17.6. The predicted molar refractivity (Wildman–Crippen MR) is 109 cm³/mol. The number of hydrogen-bond donors (Lipinski definition) is 1. The number of rotatable bonds is 5. The van der Waals surface area contributed by atoms with Gasteiger partial charge in [-0.15, -0.1) is 0 Å². The Morgan fingerprint density at radius 1 is 0.829 bits per heavy atom. The van der Waals surface area contributed by atoms with E-state index in [1.807, 2.05) is 0 Å². The van der Waals surface area contributed by atoms with Crippen LogP contribution in [0.15, 0.2) is 60.7 Å². The van der Waals surface area contributed by atoms with Crippen molar-refractivity contribution < 1.29 is 49.8 Å². The molecule has 0 spiro atoms. The Hall–Kier alpha value is -4.09. The van der Waals surface area contributed by atoms with Crippen molar-refractivity contribution in [2.75, 3.05) is 12.4 Å². The zero-order valence-electron chi connectivity index (χ0n) is 17.6. The molecule has 0 atom stereocenters. The number of methoxy groups -OCH3 is 1. The SMILES string of the molecule is COC(=O)c1ccc(NC(=O)c2c(Oc3ccc(F)cc3)cc(C(F)(F)F)cc2C(F)(F)F)cc1. The topological polar surface area (TPSA) is 64.6 Å². The van der Waals surface area contributed by atoms with E-state index in [2.05, 4.69) is 10.1 Å². The Morgan fingerprint density at radius 2 is 1.43 bits per heavy atom. The summed E-state index contributed by atoms with van der Waals surface area (Å²) in [6.07, 6.45) is -10.6. The van der Waals surface area contributed by atoms with E-state index in [1.54, 1.807) is 0 Å². The van der Waals surface area contributed by atoms with Crippen LogP contribution in [-0.2, 0) is 17.1 Å². The van der Waals surface area contributed by atoms with E-state index in [4.69, 9.17) is 4.74 Å². The molecule has 0 fully saturated rings. The quantitative estimate of drug-likeness (QED) is 0.312. The molecular formula is C23H14F7NO4. The van der Waals surface area contributed by atoms with E-state index >= 15 is 0 Å². The van der Waals surface area contributed by atoms with Gasteiger partial charge in [0, 0.05) is 5.69 Å². The minimum atomic E-state index is -5.37. The molecule has 0 aliphatic rings. The van der Waals surface area contributed by atoms with Gasteiger partial charge in [-0.25, -0.2) is 9.18 Å². The van der Waals surface area contributed by atoms with Gasteiger partial charge in [0.2, 0.25) is 0 Å². The number of carbonyl (C=O) groups excluding carboxylic acids is 2. The van der Waals surface area contributed by atoms with Crippen LogP contribution in [0, 0.1) is 5.82 Å². The lowest BCUT2D eigenvalue weighted by Crippen LogP contribution is -2.21. The standard InChI is InChI=1S/C23H14F7NO4/c1-34-21(33)12-2-6-15(7-3-12)31-20(32)19-17(23(28,29)30)10-13(22(25,26)27)11-18(19)35-16-8-4-14(24)5-9-16/h2-11H,1H3,(H,31,32). The van der Waals surface area contributed by atoms with Crippen LogP contribution in [0.25, 0.3) is 0 Å². The molecule has 5 nitrogen and oxygen atoms in total. The Balaban J connectivity index is 2.11. The first kappa shape index (κ1) is 25.5. The Bertz CT molecular complexity index is 1230. The van der Waals surface area contributed by atoms with E-state index in [-0.39, 0.29) is 29.1 Å². The molecule has 3 rings (SSSR count). The molecule has 0 radical (unpaired) electrons. The van der Waals surface area contributed by atoms with Gasteiger partial charge in [0.1, 0.15) is 17.3 Å². The molecule has 0 heterocycles. The van der Waals surface area contributed by atoms with E-state index in [9.17, 15) is 40.3 Å². The number of benzene rings is 3. The molecular weight excluding hydrogens is 487 g/mol. The second-order valence-corrected chi connectivity index (χ2v) is 6.97. The number of esters is 1. The first-order chi connectivity index (χ1) is 16.3. The van der Waals surface area contributed by atoms with Gasteiger partial charge in [0.25, 0.3) is 5.91 Å². The highest BCUT2D eigenvalue weighted by molar-refractivity contribution is 6.07. The molecule has 184 valence electrons. The molecule has 0 bridgehead atoms. The molecule has 35 heavy (non-hydrogen) atoms. The summed E-state index contributed by atoms with van der Waals surface area (Å²) >= 11 is 0. The van der Waals surface area contributed by atoms with Crippen LogP contribution in [0.1, 0.15) is 31.8 Å². The van der Waals surface area contributed by atoms with Crippen molar-refractivity contribution in [1.82, 2.24) is 0 Å². The lowest BCUT2D eigenvalue weighted by molar-refractivity contribution is -0.143. The highest BCUT2D eigenvalue weighted by Crippen LogP contribution is 2.43. The number of alkyl halides is 6. The van der Waals surface area contributed by atoms with Gasteiger partial charge in [0.15, 0.2) is 0 Å². The van der Waals surface area contributed by atoms with Crippen LogP contribution < -0.4 is 10.1 Å². The number of anilines is 1. The lowest BCUT2D eigenvalue weighted by atomic mass is 10.0. The average molecular weight is 501 g/mol. The normalized spacial score (nSPS) is 11.7. The van der Waals surface area contributed by atoms with Gasteiger partial charge < -0.3 is 14.8 Å². The summed E-state index contributed by atoms with van der Waals surface area (Å²) in [7, 11) is 1.13. The second kappa shape index (κ2) is 9.65. The van der Waals surface area contributed by atoms with E-state index < -0.39 is 52.5 Å². The summed E-state index contributed by atoms with van der Waals surface area (Å²) in [5.74, 6) is -4.24. The number of ether oxygens (including phenoxy) is 2. The average Bonchev–Trinajstić information content (AvgIpc) is 2.78. The summed E-state index contributed by atoms with van der Waals surface area (Å²) in [6, 6.07) is 8.52. The first-order valence-corrected chi connectivity index (χ1v) is 9.55. The van der Waals surface area contributed by atoms with Gasteiger partial charge in [-0.05, 0) is 60.7 Å². The summed E-state index contributed by atoms with van der Waals surface area (Å²) in [5.41, 5.74) is -4.82. The third kappa shape index (κ3) is 6.08. The predicted octanol–water partition coefficient (Wildman–Crippen LogP) is 6.69. The van der Waals surface area contributed by atoms with Crippen molar-refractivity contribution in [3.8, 4) is 11.5 Å². The van der Waals surface area contributed by atoms with Crippen LogP contribution in [0.3, 0.4) is 0 Å². The van der Waals surface area contributed by atoms with E-state index in [0.29, 0.717) is 0 Å². The molecule has 0 saturated heterocycles. The van der Waals surface area contributed by atoms with Gasteiger partial charge >= 0.3 is 18.3 Å². The number of halogens is 7. The Kier molecular flexibility index (Phi) is 7.04. The molecule has 12 heteroatoms. The minimum Gasteiger partial charge on any atom is -0.465 e. The molecule has 0 aliphatic carbocycles. The third-order valence-corrected chi connectivity index (χ3v) is 4.57. The summed E-state index contributed by atoms with van der Waals surface area (Å²) in [6.45, 7) is 0. The molecule has 0 aromatic heterocycles. The smallest absolute Gasteiger partial charge is 0.417 e. The molecule has 0 unspecified atom stereocenters. The first-order valence-electron chi connectivity index (χ1n) is 9.55. The number of nitrogens with one attached hydrogen (secondary N) is 1. The molecule has 1 N–H and O–H groups in total. The molecule has 0 saturated carbocycles. The van der Waals surface area contributed by atoms with Crippen LogP contribution in [0.5, 0.6) is 11.5 Å². The lowest BCUT2D eigenvalue weighted by Gasteiger charge is -2.20. The van der Waals surface area contributed by atoms with Gasteiger partial charge in [0.05, 0.1) is 29.4 Å². The minimum absolute atomic E-state index is 0.0663. The summed E-state index contributed by atoms with van der Waals surface area (Å²) < 4.78 is 104. The summed E-state index contributed by atoms with van der Waals surface area (Å²) in [5, 5.41) is 2.14. The van der Waals surface area contributed by atoms with Gasteiger partial charge in [-0.2, -0.15) is 26.3 Å². The fraction of sp³-hybridized carbons (Fsp3) is 0.130. The fourth-order valence-corrected chi connectivity index (χ4v) is 2.95. The van der Waals surface area contributed by atoms with Gasteiger partial charge in [-0.3, -0.25) is 4.79 Å². The van der Waals surface area contributed by atoms with Crippen LogP contribution in [-0.4, -0.2) is 19.0 Å². The van der Waals surface area contributed by atoms with Gasteiger partial charge in [-0.1, -0.05) is 0 Å². The highest BCUT2D eigenvalue weighted by Gasteiger charge is 2.42. The Labute approximate surface area is 193 Å². The van der Waals surface area contributed by atoms with Crippen molar-refractivity contribution in [2.24, 2.45) is 0 Å². The zero-order chi connectivity index (χ0) is 26.0. The maximum absolute atomic E-state index is 13.8. The third-order valence-electron chi connectivity index (χ3n) is 4.57. The van der Waals surface area contributed by atoms with Crippen LogP contribution in [0.4, 0.5) is 36.4 Å². The maximum Gasteiger partial charge on any atom is 0.417 e. The number of hydrogen-bond acceptors (Lipinski definition) is 4. The molecule has 3 aromatic rings. The van der Waals surface area contributed by atoms with Crippen molar-refractivity contribution in [3.63, 3.8) is 0 Å². The van der Waals surface area contributed by atoms with E-state index in [0.717, 1.165) is 31.4 Å². The molecule has 1 amide bonds. The van der Waals surface area contributed by atoms with Crippen LogP contribution >= 0.6 is 0 Å². The van der Waals surface area contributed by atoms with Crippen molar-refractivity contribution in [1.29, 1.82) is 0 Å². The number of carbonyl (C=O) groups is 2. The largest absolute Gasteiger partial charge is 0.465 e. The molecule has 0 aliphatic heterocycles. The molecule has 3 aromatic carbocycles. The van der Waals surface area contributed by atoms with Crippen molar-refractivity contribution in [3.05, 3.63) is 88.7 Å². The Morgan fingerprint density at radius 3 is 1.94 bits per heavy atom. The fourth-order valence-electron chi connectivity index (χ4n) is 2.95. The summed E-state index contributed by atoms with van der Waals surface area (Å²) in [4.78, 5) is 24.4. The highest BCUT2D eigenvalue weighted by atomic mass is 19.4. The number of amides is 1. The maximum atomic E-state index is 13.8. The second-order valence-electron chi connectivity index (χ2n) is 6.97. The monoisotopic (exact) mass is 501 g/mol. The van der Waals surface area contributed by atoms with Crippen molar-refractivity contribution in [2.45, 2.75) is 12.4 Å². The van der Waals surface area contributed by atoms with E-state index in [1.165, 1.54) is 24.3 Å². The van der Waals surface area contributed by atoms with Crippen LogP contribution in [0.2, 0.25) is 0 Å². The van der Waals surface area contributed by atoms with Crippen molar-refractivity contribution >= 4 is 17.6 Å².